The van der Waals surface area contributed by atoms with E-state index in [1.165, 1.54) is 0 Å². The molecular formula is C21H22N8. The Hall–Kier alpha value is -3.47. The molecule has 8 nitrogen and oxygen atoms in total. The van der Waals surface area contributed by atoms with Crippen LogP contribution in [-0.2, 0) is 12.6 Å². The molecule has 0 aromatic carbocycles. The molecule has 8 heteroatoms. The van der Waals surface area contributed by atoms with Crippen LogP contribution in [0.15, 0.2) is 37.1 Å². The fourth-order valence-electron chi connectivity index (χ4n) is 4.52. The quantitative estimate of drug-likeness (QED) is 0.537. The van der Waals surface area contributed by atoms with Crippen molar-refractivity contribution in [1.82, 2.24) is 34.2 Å². The second-order valence-electron chi connectivity index (χ2n) is 8.24. The second-order valence-corrected chi connectivity index (χ2v) is 8.24. The number of hydrogen-bond donors (Lipinski definition) is 0. The van der Waals surface area contributed by atoms with Crippen molar-refractivity contribution in [2.24, 2.45) is 13.0 Å². The molecule has 0 amide bonds. The molecular weight excluding hydrogens is 364 g/mol. The smallest absolute Gasteiger partial charge is 0.0999 e. The largest absolute Gasteiger partial charge is 0.275 e. The Labute approximate surface area is 168 Å². The summed E-state index contributed by atoms with van der Waals surface area (Å²) in [5.74, 6) is 0.618. The van der Waals surface area contributed by atoms with Crippen LogP contribution in [0.3, 0.4) is 0 Å². The third-order valence-electron chi connectivity index (χ3n) is 5.78. The third kappa shape index (κ3) is 2.81. The van der Waals surface area contributed by atoms with Crippen LogP contribution in [0.2, 0.25) is 0 Å². The van der Waals surface area contributed by atoms with E-state index < -0.39 is 0 Å². The van der Waals surface area contributed by atoms with E-state index in [2.05, 4.69) is 28.3 Å². The molecule has 0 spiro atoms. The van der Waals surface area contributed by atoms with Crippen LogP contribution >= 0.6 is 0 Å². The van der Waals surface area contributed by atoms with Gasteiger partial charge in [-0.1, -0.05) is 6.92 Å². The van der Waals surface area contributed by atoms with Crippen molar-refractivity contribution in [3.8, 4) is 28.6 Å². The van der Waals surface area contributed by atoms with E-state index in [1.807, 2.05) is 54.0 Å². The maximum atomic E-state index is 9.32. The van der Waals surface area contributed by atoms with Crippen molar-refractivity contribution in [1.29, 1.82) is 5.26 Å². The molecule has 5 rings (SSSR count). The van der Waals surface area contributed by atoms with Gasteiger partial charge in [0.1, 0.15) is 0 Å². The highest BCUT2D eigenvalue weighted by Gasteiger charge is 2.44. The van der Waals surface area contributed by atoms with Gasteiger partial charge >= 0.3 is 0 Å². The molecule has 4 heterocycles. The fraction of sp³-hybridized carbons (Fsp3) is 0.381. The molecule has 4 aromatic rings. The monoisotopic (exact) mass is 386 g/mol. The van der Waals surface area contributed by atoms with Crippen LogP contribution in [0.4, 0.5) is 0 Å². The van der Waals surface area contributed by atoms with Gasteiger partial charge in [-0.15, -0.1) is 0 Å². The molecule has 1 aliphatic carbocycles. The van der Waals surface area contributed by atoms with E-state index in [9.17, 15) is 5.26 Å². The molecule has 0 radical (unpaired) electrons. The highest BCUT2D eigenvalue weighted by atomic mass is 15.3. The number of nitrogens with zero attached hydrogens (tertiary/aromatic N) is 8. The number of rotatable bonds is 4. The van der Waals surface area contributed by atoms with Crippen molar-refractivity contribution in [3.05, 3.63) is 42.7 Å². The molecule has 0 N–H and O–H groups in total. The average molecular weight is 386 g/mol. The predicted octanol–water partition coefficient (Wildman–Crippen LogP) is 3.34. The van der Waals surface area contributed by atoms with E-state index in [-0.39, 0.29) is 5.54 Å². The number of nitriles is 1. The summed E-state index contributed by atoms with van der Waals surface area (Å²) in [5, 5.41) is 22.8. The van der Waals surface area contributed by atoms with Crippen molar-refractivity contribution in [2.75, 3.05) is 0 Å². The first-order chi connectivity index (χ1) is 14.0. The first-order valence-corrected chi connectivity index (χ1v) is 9.76. The Morgan fingerprint density at radius 1 is 1.17 bits per heavy atom. The molecule has 29 heavy (non-hydrogen) atoms. The van der Waals surface area contributed by atoms with Crippen LogP contribution in [0.5, 0.6) is 0 Å². The zero-order valence-electron chi connectivity index (χ0n) is 16.7. The number of aryl methyl sites for hydroxylation is 2. The van der Waals surface area contributed by atoms with Crippen molar-refractivity contribution < 1.29 is 0 Å². The Bertz CT molecular complexity index is 1250. The lowest BCUT2D eigenvalue weighted by molar-refractivity contribution is 0.0682. The van der Waals surface area contributed by atoms with Gasteiger partial charge in [-0.3, -0.25) is 9.36 Å². The SMILES string of the molecule is Cc1cc2c(-c3cnn([C@]4(CC#N)C[C@@H](C)C4)c3)nc(-c3cnn(C)c3)cn2n1. The average Bonchev–Trinajstić information content (AvgIpc) is 3.38. The molecule has 1 fully saturated rings. The minimum Gasteiger partial charge on any atom is -0.275 e. The Balaban J connectivity index is 1.63. The Morgan fingerprint density at radius 3 is 2.66 bits per heavy atom. The predicted molar refractivity (Wildman–Crippen MR) is 108 cm³/mol. The standard InChI is InChI=1S/C21H22N8/c1-14-7-21(8-14,4-5-22)29-12-17(10-24-29)20-19-6-15(2)26-28(19)13-18(25-20)16-9-23-27(3)11-16/h6,9-14H,4,7-8H2,1-3H3/t14-,21-. The second kappa shape index (κ2) is 6.27. The van der Waals surface area contributed by atoms with Gasteiger partial charge in [0.05, 0.1) is 59.2 Å². The van der Waals surface area contributed by atoms with E-state index in [0.717, 1.165) is 46.6 Å². The highest BCUT2D eigenvalue weighted by molar-refractivity contribution is 5.78. The summed E-state index contributed by atoms with van der Waals surface area (Å²) >= 11 is 0. The maximum absolute atomic E-state index is 9.32. The zero-order chi connectivity index (χ0) is 20.2. The van der Waals surface area contributed by atoms with Crippen LogP contribution in [0.25, 0.3) is 28.0 Å². The van der Waals surface area contributed by atoms with Crippen LogP contribution in [0, 0.1) is 24.2 Å². The summed E-state index contributed by atoms with van der Waals surface area (Å²) in [6, 6.07) is 4.38. The van der Waals surface area contributed by atoms with Gasteiger partial charge in [-0.2, -0.15) is 20.6 Å². The summed E-state index contributed by atoms with van der Waals surface area (Å²) in [6.45, 7) is 4.19. The lowest BCUT2D eigenvalue weighted by Gasteiger charge is -2.45. The lowest BCUT2D eigenvalue weighted by Crippen LogP contribution is -2.45. The van der Waals surface area contributed by atoms with Gasteiger partial charge in [-0.05, 0) is 31.7 Å². The molecule has 0 atom stereocenters. The normalized spacial score (nSPS) is 21.2. The summed E-state index contributed by atoms with van der Waals surface area (Å²) < 4.78 is 5.61. The topological polar surface area (TPSA) is 89.6 Å². The van der Waals surface area contributed by atoms with Crippen LogP contribution in [-0.4, -0.2) is 34.2 Å². The summed E-state index contributed by atoms with van der Waals surface area (Å²) in [7, 11) is 1.89. The van der Waals surface area contributed by atoms with E-state index in [4.69, 9.17) is 4.98 Å². The number of aromatic nitrogens is 7. The fourth-order valence-corrected chi connectivity index (χ4v) is 4.52. The molecule has 4 aromatic heterocycles. The third-order valence-corrected chi connectivity index (χ3v) is 5.78. The Kier molecular flexibility index (Phi) is 3.81. The van der Waals surface area contributed by atoms with Crippen molar-refractivity contribution >= 4 is 5.52 Å². The first-order valence-electron chi connectivity index (χ1n) is 9.76. The molecule has 1 saturated carbocycles. The molecule has 0 saturated heterocycles. The van der Waals surface area contributed by atoms with Gasteiger partial charge in [0, 0.05) is 30.6 Å². The molecule has 0 bridgehead atoms. The first kappa shape index (κ1) is 17.6. The lowest BCUT2D eigenvalue weighted by atomic mass is 9.67. The minimum atomic E-state index is -0.195. The van der Waals surface area contributed by atoms with Gasteiger partial charge in [-0.25, -0.2) is 9.50 Å². The van der Waals surface area contributed by atoms with Crippen molar-refractivity contribution in [2.45, 2.75) is 38.6 Å². The molecule has 0 aliphatic heterocycles. The van der Waals surface area contributed by atoms with Gasteiger partial charge < -0.3 is 0 Å². The highest BCUT2D eigenvalue weighted by Crippen LogP contribution is 2.46. The summed E-state index contributed by atoms with van der Waals surface area (Å²) in [4.78, 5) is 4.94. The van der Waals surface area contributed by atoms with Gasteiger partial charge in [0.25, 0.3) is 0 Å². The molecule has 0 unspecified atom stereocenters. The molecule has 146 valence electrons. The van der Waals surface area contributed by atoms with Crippen LogP contribution in [0.1, 0.15) is 31.9 Å². The van der Waals surface area contributed by atoms with E-state index in [0.29, 0.717) is 12.3 Å². The zero-order valence-corrected chi connectivity index (χ0v) is 16.7. The number of hydrogen-bond acceptors (Lipinski definition) is 5. The number of fused-ring (bicyclic) bond motifs is 1. The van der Waals surface area contributed by atoms with Gasteiger partial charge in [0.2, 0.25) is 0 Å². The van der Waals surface area contributed by atoms with Crippen molar-refractivity contribution in [3.63, 3.8) is 0 Å². The van der Waals surface area contributed by atoms with E-state index in [1.54, 1.807) is 10.9 Å². The van der Waals surface area contributed by atoms with Gasteiger partial charge in [0.15, 0.2) is 0 Å². The van der Waals surface area contributed by atoms with Crippen LogP contribution < -0.4 is 0 Å². The summed E-state index contributed by atoms with van der Waals surface area (Å²) in [6.07, 6.45) is 12.0. The summed E-state index contributed by atoms with van der Waals surface area (Å²) in [5.41, 5.74) is 5.17. The molecule has 1 aliphatic rings. The van der Waals surface area contributed by atoms with E-state index >= 15 is 0 Å². The Morgan fingerprint density at radius 2 is 1.97 bits per heavy atom. The maximum Gasteiger partial charge on any atom is 0.0999 e. The minimum absolute atomic E-state index is 0.195.